The van der Waals surface area contributed by atoms with E-state index in [0.717, 1.165) is 46.7 Å². The first-order chi connectivity index (χ1) is 18.2. The zero-order valence-electron chi connectivity index (χ0n) is 20.9. The summed E-state index contributed by atoms with van der Waals surface area (Å²) in [4.78, 5) is 18.4. The normalized spacial score (nSPS) is 13.6. The largest absolute Gasteiger partial charge is 0.497 e. The van der Waals surface area contributed by atoms with Gasteiger partial charge in [-0.1, -0.05) is 17.8 Å². The van der Waals surface area contributed by atoms with Crippen molar-refractivity contribution in [1.82, 2.24) is 19.7 Å². The number of carbonyl (C=O) groups is 1. The highest BCUT2D eigenvalue weighted by molar-refractivity contribution is 7.99. The van der Waals surface area contributed by atoms with E-state index in [1.165, 1.54) is 11.8 Å². The van der Waals surface area contributed by atoms with E-state index in [2.05, 4.69) is 27.2 Å². The number of ether oxygens (including phenoxy) is 2. The third-order valence-corrected chi connectivity index (χ3v) is 7.96. The first kappa shape index (κ1) is 25.2. The quantitative estimate of drug-likeness (QED) is 0.284. The van der Waals surface area contributed by atoms with Crippen LogP contribution in [0, 0.1) is 0 Å². The minimum atomic E-state index is 0.110. The molecule has 0 bridgehead atoms. The lowest BCUT2D eigenvalue weighted by Gasteiger charge is -2.36. The van der Waals surface area contributed by atoms with Gasteiger partial charge in [-0.15, -0.1) is 21.5 Å². The Morgan fingerprint density at radius 1 is 0.946 bits per heavy atom. The second kappa shape index (κ2) is 11.7. The molecule has 0 radical (unpaired) electrons. The van der Waals surface area contributed by atoms with Crippen molar-refractivity contribution < 1.29 is 14.3 Å². The maximum absolute atomic E-state index is 13.1. The van der Waals surface area contributed by atoms with Crippen LogP contribution in [-0.2, 0) is 4.79 Å². The summed E-state index contributed by atoms with van der Waals surface area (Å²) in [5.74, 6) is 2.84. The number of anilines is 1. The molecule has 1 fully saturated rings. The van der Waals surface area contributed by atoms with Crippen LogP contribution in [0.1, 0.15) is 6.92 Å². The van der Waals surface area contributed by atoms with Crippen molar-refractivity contribution in [1.29, 1.82) is 0 Å². The summed E-state index contributed by atoms with van der Waals surface area (Å²) in [5.41, 5.74) is 2.08. The summed E-state index contributed by atoms with van der Waals surface area (Å²) < 4.78 is 12.9. The lowest BCUT2D eigenvalue weighted by atomic mass is 10.2. The molecule has 4 aromatic rings. The van der Waals surface area contributed by atoms with Crippen molar-refractivity contribution >= 4 is 34.7 Å². The fraction of sp³-hybridized carbons (Fsp3) is 0.296. The van der Waals surface area contributed by atoms with E-state index in [-0.39, 0.29) is 5.91 Å². The average Bonchev–Trinajstić information content (AvgIpc) is 3.63. The van der Waals surface area contributed by atoms with E-state index < -0.39 is 0 Å². The second-order valence-corrected chi connectivity index (χ2v) is 10.3. The molecule has 1 aliphatic rings. The van der Waals surface area contributed by atoms with Gasteiger partial charge >= 0.3 is 0 Å². The van der Waals surface area contributed by atoms with Crippen LogP contribution < -0.4 is 14.4 Å². The molecule has 8 nitrogen and oxygen atoms in total. The van der Waals surface area contributed by atoms with E-state index in [1.807, 2.05) is 70.3 Å². The van der Waals surface area contributed by atoms with E-state index in [0.29, 0.717) is 30.6 Å². The molecule has 0 N–H and O–H groups in total. The number of carbonyl (C=O) groups excluding carboxylic acids is 1. The third kappa shape index (κ3) is 5.75. The SMILES string of the molecule is CCOc1ccc(-n2c(SCC(=O)N3CCN(c4ccc(OC)cc4)CC3)nnc2-c2cccs2)cc1. The highest BCUT2D eigenvalue weighted by Gasteiger charge is 2.23. The van der Waals surface area contributed by atoms with Crippen LogP contribution in [0.15, 0.2) is 71.2 Å². The van der Waals surface area contributed by atoms with Gasteiger partial charge in [0.1, 0.15) is 11.5 Å². The number of rotatable bonds is 9. The van der Waals surface area contributed by atoms with Gasteiger partial charge in [0.25, 0.3) is 0 Å². The van der Waals surface area contributed by atoms with Crippen LogP contribution in [0.4, 0.5) is 5.69 Å². The van der Waals surface area contributed by atoms with Crippen LogP contribution in [-0.4, -0.2) is 71.2 Å². The van der Waals surface area contributed by atoms with E-state index >= 15 is 0 Å². The number of thioether (sulfide) groups is 1. The minimum absolute atomic E-state index is 0.110. The third-order valence-electron chi connectivity index (χ3n) is 6.18. The number of hydrogen-bond donors (Lipinski definition) is 0. The van der Waals surface area contributed by atoms with Crippen LogP contribution in [0.2, 0.25) is 0 Å². The second-order valence-electron chi connectivity index (χ2n) is 8.40. The summed E-state index contributed by atoms with van der Waals surface area (Å²) >= 11 is 3.03. The van der Waals surface area contributed by atoms with Crippen molar-refractivity contribution in [2.75, 3.05) is 50.5 Å². The number of benzene rings is 2. The predicted octanol–water partition coefficient (Wildman–Crippen LogP) is 4.84. The molecule has 1 amide bonds. The zero-order valence-corrected chi connectivity index (χ0v) is 22.5. The summed E-state index contributed by atoms with van der Waals surface area (Å²) in [5, 5.41) is 11.6. The van der Waals surface area contributed by atoms with E-state index in [1.54, 1.807) is 18.4 Å². The molecular weight excluding hydrogens is 506 g/mol. The van der Waals surface area contributed by atoms with Crippen LogP contribution in [0.25, 0.3) is 16.4 Å². The van der Waals surface area contributed by atoms with Crippen molar-refractivity contribution in [2.45, 2.75) is 12.1 Å². The molecule has 1 aliphatic heterocycles. The van der Waals surface area contributed by atoms with Crippen molar-refractivity contribution in [3.8, 4) is 27.9 Å². The first-order valence-corrected chi connectivity index (χ1v) is 14.0. The molecule has 3 heterocycles. The van der Waals surface area contributed by atoms with Crippen molar-refractivity contribution in [3.63, 3.8) is 0 Å². The monoisotopic (exact) mass is 535 g/mol. The number of hydrogen-bond acceptors (Lipinski definition) is 8. The molecule has 2 aromatic carbocycles. The van der Waals surface area contributed by atoms with Gasteiger partial charge in [0, 0.05) is 31.9 Å². The fourth-order valence-corrected chi connectivity index (χ4v) is 5.80. The zero-order chi connectivity index (χ0) is 25.6. The maximum atomic E-state index is 13.1. The summed E-state index contributed by atoms with van der Waals surface area (Å²) in [6.07, 6.45) is 0. The van der Waals surface area contributed by atoms with Gasteiger partial charge in [-0.05, 0) is 66.9 Å². The molecule has 10 heteroatoms. The standard InChI is InChI=1S/C27H29N5O3S2/c1-3-35-23-12-8-21(9-13-23)32-26(24-5-4-18-36-24)28-29-27(32)37-19-25(33)31-16-14-30(15-17-31)20-6-10-22(34-2)11-7-20/h4-13,18H,3,14-17,19H2,1-2H3. The van der Waals surface area contributed by atoms with Crippen LogP contribution >= 0.6 is 23.1 Å². The Labute approximate surface area is 224 Å². The van der Waals surface area contributed by atoms with Crippen molar-refractivity contribution in [2.24, 2.45) is 0 Å². The summed E-state index contributed by atoms with van der Waals surface area (Å²) in [7, 11) is 1.67. The van der Waals surface area contributed by atoms with E-state index in [4.69, 9.17) is 9.47 Å². The lowest BCUT2D eigenvalue weighted by Crippen LogP contribution is -2.49. The number of piperazine rings is 1. The fourth-order valence-electron chi connectivity index (χ4n) is 4.24. The number of amides is 1. The Morgan fingerprint density at radius 3 is 2.30 bits per heavy atom. The van der Waals surface area contributed by atoms with Gasteiger partial charge in [-0.3, -0.25) is 9.36 Å². The van der Waals surface area contributed by atoms with Gasteiger partial charge < -0.3 is 19.3 Å². The molecule has 37 heavy (non-hydrogen) atoms. The molecule has 5 rings (SSSR count). The first-order valence-electron chi connectivity index (χ1n) is 12.2. The van der Waals surface area contributed by atoms with E-state index in [9.17, 15) is 4.79 Å². The number of aromatic nitrogens is 3. The molecule has 1 saturated heterocycles. The van der Waals surface area contributed by atoms with Crippen LogP contribution in [0.5, 0.6) is 11.5 Å². The van der Waals surface area contributed by atoms with Gasteiger partial charge in [0.2, 0.25) is 5.91 Å². The Balaban J connectivity index is 1.25. The maximum Gasteiger partial charge on any atom is 0.233 e. The molecule has 192 valence electrons. The minimum Gasteiger partial charge on any atom is -0.497 e. The Morgan fingerprint density at radius 2 is 1.65 bits per heavy atom. The Kier molecular flexibility index (Phi) is 7.96. The van der Waals surface area contributed by atoms with Gasteiger partial charge in [-0.25, -0.2) is 0 Å². The topological polar surface area (TPSA) is 72.7 Å². The highest BCUT2D eigenvalue weighted by atomic mass is 32.2. The number of nitrogens with zero attached hydrogens (tertiary/aromatic N) is 5. The predicted molar refractivity (Wildman–Crippen MR) is 148 cm³/mol. The lowest BCUT2D eigenvalue weighted by molar-refractivity contribution is -0.128. The molecular formula is C27H29N5O3S2. The molecule has 2 aromatic heterocycles. The molecule has 0 unspecified atom stereocenters. The Hall–Kier alpha value is -3.50. The number of methoxy groups -OCH3 is 1. The molecule has 0 aliphatic carbocycles. The molecule has 0 atom stereocenters. The Bertz CT molecular complexity index is 1300. The smallest absolute Gasteiger partial charge is 0.233 e. The summed E-state index contributed by atoms with van der Waals surface area (Å²) in [6.45, 7) is 5.56. The average molecular weight is 536 g/mol. The van der Waals surface area contributed by atoms with Crippen molar-refractivity contribution in [3.05, 3.63) is 66.0 Å². The van der Waals surface area contributed by atoms with Gasteiger partial charge in [0.15, 0.2) is 11.0 Å². The summed E-state index contributed by atoms with van der Waals surface area (Å²) in [6, 6.07) is 20.0. The van der Waals surface area contributed by atoms with Gasteiger partial charge in [0.05, 0.1) is 30.0 Å². The molecule has 0 saturated carbocycles. The van der Waals surface area contributed by atoms with Crippen LogP contribution in [0.3, 0.4) is 0 Å². The van der Waals surface area contributed by atoms with Gasteiger partial charge in [-0.2, -0.15) is 0 Å². The highest BCUT2D eigenvalue weighted by Crippen LogP contribution is 2.31. The molecule has 0 spiro atoms. The number of thiophene rings is 1.